The molecule has 0 aliphatic heterocycles. The van der Waals surface area contributed by atoms with Crippen LogP contribution in [0.5, 0.6) is 0 Å². The van der Waals surface area contributed by atoms with Crippen LogP contribution in [0.1, 0.15) is 56.6 Å². The Kier molecular flexibility index (Phi) is 6.34. The molecule has 0 aromatic heterocycles. The molecule has 112 valence electrons. The number of nitrogens with two attached hydrogens (primary N) is 1. The monoisotopic (exact) mass is 294 g/mol. The Bertz CT molecular complexity index is 382. The van der Waals surface area contributed by atoms with Crippen molar-refractivity contribution in [3.63, 3.8) is 0 Å². The maximum absolute atomic E-state index is 6.28. The molecule has 0 spiro atoms. The summed E-state index contributed by atoms with van der Waals surface area (Å²) in [5.41, 5.74) is 7.47. The van der Waals surface area contributed by atoms with Gasteiger partial charge >= 0.3 is 0 Å². The summed E-state index contributed by atoms with van der Waals surface area (Å²) in [4.78, 5) is 2.51. The lowest BCUT2D eigenvalue weighted by Crippen LogP contribution is -2.33. The maximum atomic E-state index is 6.28. The van der Waals surface area contributed by atoms with Gasteiger partial charge in [0.05, 0.1) is 0 Å². The molecule has 1 aromatic carbocycles. The van der Waals surface area contributed by atoms with E-state index < -0.39 is 0 Å². The molecule has 3 heteroatoms. The van der Waals surface area contributed by atoms with E-state index >= 15 is 0 Å². The molecule has 0 radical (unpaired) electrons. The van der Waals surface area contributed by atoms with E-state index in [9.17, 15) is 0 Å². The minimum Gasteiger partial charge on any atom is -0.324 e. The van der Waals surface area contributed by atoms with Crippen molar-refractivity contribution in [1.82, 2.24) is 4.90 Å². The molecule has 1 aliphatic rings. The standard InChI is InChI=1S/C17H27ClN2/c1-20(16-6-4-2-3-5-7-16)13-12-17(19)14-8-10-15(18)11-9-14/h8-11,16-17H,2-7,12-13,19H2,1H3. The fraction of sp³-hybridized carbons (Fsp3) is 0.647. The fourth-order valence-electron chi connectivity index (χ4n) is 3.10. The summed E-state index contributed by atoms with van der Waals surface area (Å²) in [5, 5.41) is 0.775. The van der Waals surface area contributed by atoms with Gasteiger partial charge in [-0.05, 0) is 50.6 Å². The van der Waals surface area contributed by atoms with Crippen LogP contribution in [0, 0.1) is 0 Å². The van der Waals surface area contributed by atoms with Gasteiger partial charge in [-0.15, -0.1) is 0 Å². The first-order chi connectivity index (χ1) is 9.66. The molecule has 2 rings (SSSR count). The smallest absolute Gasteiger partial charge is 0.0406 e. The van der Waals surface area contributed by atoms with Crippen molar-refractivity contribution in [2.75, 3.05) is 13.6 Å². The Morgan fingerprint density at radius 2 is 1.75 bits per heavy atom. The Labute approximate surface area is 128 Å². The Hall–Kier alpha value is -0.570. The summed E-state index contributed by atoms with van der Waals surface area (Å²) >= 11 is 5.91. The summed E-state index contributed by atoms with van der Waals surface area (Å²) < 4.78 is 0. The fourth-order valence-corrected chi connectivity index (χ4v) is 3.23. The van der Waals surface area contributed by atoms with Crippen LogP contribution in [0.3, 0.4) is 0 Å². The van der Waals surface area contributed by atoms with E-state index in [1.54, 1.807) is 0 Å². The van der Waals surface area contributed by atoms with E-state index in [1.165, 1.54) is 44.1 Å². The predicted octanol–water partition coefficient (Wildman–Crippen LogP) is 4.38. The maximum Gasteiger partial charge on any atom is 0.0406 e. The summed E-state index contributed by atoms with van der Waals surface area (Å²) in [6.45, 7) is 1.08. The van der Waals surface area contributed by atoms with E-state index in [-0.39, 0.29) is 6.04 Å². The summed E-state index contributed by atoms with van der Waals surface area (Å²) in [6, 6.07) is 8.80. The Morgan fingerprint density at radius 3 is 2.35 bits per heavy atom. The first-order valence-electron chi connectivity index (χ1n) is 7.88. The van der Waals surface area contributed by atoms with Gasteiger partial charge in [-0.1, -0.05) is 49.4 Å². The highest BCUT2D eigenvalue weighted by atomic mass is 35.5. The van der Waals surface area contributed by atoms with Crippen molar-refractivity contribution in [2.24, 2.45) is 5.73 Å². The van der Waals surface area contributed by atoms with Crippen LogP contribution >= 0.6 is 11.6 Å². The third-order valence-corrected chi connectivity index (χ3v) is 4.79. The molecule has 2 nitrogen and oxygen atoms in total. The third-order valence-electron chi connectivity index (χ3n) is 4.54. The minimum absolute atomic E-state index is 0.112. The van der Waals surface area contributed by atoms with E-state index in [0.717, 1.165) is 24.0 Å². The van der Waals surface area contributed by atoms with Gasteiger partial charge in [0, 0.05) is 17.1 Å². The zero-order valence-electron chi connectivity index (χ0n) is 12.5. The third kappa shape index (κ3) is 4.76. The Balaban J connectivity index is 1.79. The largest absolute Gasteiger partial charge is 0.324 e. The number of rotatable bonds is 5. The molecule has 2 N–H and O–H groups in total. The molecule has 0 heterocycles. The van der Waals surface area contributed by atoms with E-state index in [4.69, 9.17) is 17.3 Å². The van der Waals surface area contributed by atoms with Crippen molar-refractivity contribution < 1.29 is 0 Å². The van der Waals surface area contributed by atoms with Crippen LogP contribution < -0.4 is 5.73 Å². The lowest BCUT2D eigenvalue weighted by molar-refractivity contribution is 0.214. The van der Waals surface area contributed by atoms with Gasteiger partial charge in [-0.25, -0.2) is 0 Å². The van der Waals surface area contributed by atoms with Gasteiger partial charge in [0.1, 0.15) is 0 Å². The van der Waals surface area contributed by atoms with Gasteiger partial charge in [-0.2, -0.15) is 0 Å². The number of halogens is 1. The van der Waals surface area contributed by atoms with Gasteiger partial charge < -0.3 is 10.6 Å². The highest BCUT2D eigenvalue weighted by Crippen LogP contribution is 2.22. The van der Waals surface area contributed by atoms with Crippen molar-refractivity contribution in [3.8, 4) is 0 Å². The summed E-state index contributed by atoms with van der Waals surface area (Å²) in [7, 11) is 2.25. The van der Waals surface area contributed by atoms with Crippen LogP contribution in [-0.4, -0.2) is 24.5 Å². The van der Waals surface area contributed by atoms with Crippen molar-refractivity contribution >= 4 is 11.6 Å². The second-order valence-corrected chi connectivity index (χ2v) is 6.51. The lowest BCUT2D eigenvalue weighted by Gasteiger charge is -2.28. The highest BCUT2D eigenvalue weighted by molar-refractivity contribution is 6.30. The van der Waals surface area contributed by atoms with Gasteiger partial charge in [0.15, 0.2) is 0 Å². The van der Waals surface area contributed by atoms with E-state index in [2.05, 4.69) is 11.9 Å². The van der Waals surface area contributed by atoms with Crippen LogP contribution in [0.15, 0.2) is 24.3 Å². The van der Waals surface area contributed by atoms with Crippen LogP contribution in [-0.2, 0) is 0 Å². The van der Waals surface area contributed by atoms with Gasteiger partial charge in [-0.3, -0.25) is 0 Å². The molecule has 0 amide bonds. The molecule has 1 atom stereocenters. The first-order valence-corrected chi connectivity index (χ1v) is 8.26. The van der Waals surface area contributed by atoms with Crippen LogP contribution in [0.2, 0.25) is 5.02 Å². The zero-order chi connectivity index (χ0) is 14.4. The topological polar surface area (TPSA) is 29.3 Å². The quantitative estimate of drug-likeness (QED) is 0.816. The molecule has 1 aliphatic carbocycles. The second-order valence-electron chi connectivity index (χ2n) is 6.07. The van der Waals surface area contributed by atoms with E-state index in [0.29, 0.717) is 0 Å². The second kappa shape index (κ2) is 8.02. The molecule has 1 fully saturated rings. The van der Waals surface area contributed by atoms with Crippen LogP contribution in [0.4, 0.5) is 0 Å². The molecule has 1 unspecified atom stereocenters. The molecule has 0 saturated heterocycles. The normalized spacial score (nSPS) is 19.0. The number of benzene rings is 1. The Morgan fingerprint density at radius 1 is 1.15 bits per heavy atom. The van der Waals surface area contributed by atoms with Crippen molar-refractivity contribution in [1.29, 1.82) is 0 Å². The van der Waals surface area contributed by atoms with Gasteiger partial charge in [0.25, 0.3) is 0 Å². The van der Waals surface area contributed by atoms with Gasteiger partial charge in [0.2, 0.25) is 0 Å². The average molecular weight is 295 g/mol. The van der Waals surface area contributed by atoms with Crippen molar-refractivity contribution in [3.05, 3.63) is 34.9 Å². The zero-order valence-corrected chi connectivity index (χ0v) is 13.3. The average Bonchev–Trinajstić information content (AvgIpc) is 2.74. The molecule has 1 aromatic rings. The number of hydrogen-bond acceptors (Lipinski definition) is 2. The van der Waals surface area contributed by atoms with Crippen LogP contribution in [0.25, 0.3) is 0 Å². The highest BCUT2D eigenvalue weighted by Gasteiger charge is 2.17. The first kappa shape index (κ1) is 15.8. The predicted molar refractivity (Wildman–Crippen MR) is 87.1 cm³/mol. The molecular weight excluding hydrogens is 268 g/mol. The molecule has 20 heavy (non-hydrogen) atoms. The van der Waals surface area contributed by atoms with Crippen molar-refractivity contribution in [2.45, 2.75) is 57.0 Å². The number of hydrogen-bond donors (Lipinski definition) is 1. The summed E-state index contributed by atoms with van der Waals surface area (Å²) in [6.07, 6.45) is 9.31. The minimum atomic E-state index is 0.112. The molecule has 1 saturated carbocycles. The summed E-state index contributed by atoms with van der Waals surface area (Å²) in [5.74, 6) is 0. The SMILES string of the molecule is CN(CCC(N)c1ccc(Cl)cc1)C1CCCCCC1. The molecular formula is C17H27ClN2. The van der Waals surface area contributed by atoms with E-state index in [1.807, 2.05) is 24.3 Å². The lowest BCUT2D eigenvalue weighted by atomic mass is 10.0. The molecule has 0 bridgehead atoms. The number of nitrogens with zero attached hydrogens (tertiary/aromatic N) is 1.